The fourth-order valence-electron chi connectivity index (χ4n) is 7.03. The Kier molecular flexibility index (Phi) is 13.6. The van der Waals surface area contributed by atoms with E-state index in [0.717, 1.165) is 0 Å². The zero-order valence-corrected chi connectivity index (χ0v) is 33.5. The van der Waals surface area contributed by atoms with Gasteiger partial charge in [0.2, 0.25) is 0 Å². The third-order valence-corrected chi connectivity index (χ3v) is 17.9. The summed E-state index contributed by atoms with van der Waals surface area (Å²) in [4.78, 5) is 7.01. The Balaban J connectivity index is 0.00000323. The maximum absolute atomic E-state index is 2.98. The molecule has 0 saturated heterocycles. The second kappa shape index (κ2) is 14.8. The van der Waals surface area contributed by atoms with Crippen LogP contribution in [0.4, 0.5) is 17.1 Å². The molecule has 0 spiro atoms. The molecule has 0 fully saturated rings. The van der Waals surface area contributed by atoms with Gasteiger partial charge in [0.25, 0.3) is 0 Å². The van der Waals surface area contributed by atoms with Crippen LogP contribution < -0.4 is 67.5 Å². The molecule has 4 rings (SSSR count). The SMILES string of the molecule is CC1=C(C)[C]([Ti+3])([Si](c2cc(C)ccc2N(C)C)(c2cc(C)ccc2N(C)C)c2cc(C)ccc2N(C)C)C(C)=C1C.[Cl-].[Cl-].[Cl-]. The predicted octanol–water partition coefficient (Wildman–Crippen LogP) is -2.78. The van der Waals surface area contributed by atoms with Gasteiger partial charge in [-0.25, -0.2) is 0 Å². The number of aryl methyl sites for hydroxylation is 3. The number of anilines is 3. The number of nitrogens with zero attached hydrogens (tertiary/aromatic N) is 3. The summed E-state index contributed by atoms with van der Waals surface area (Å²) in [7, 11) is 10.3. The number of hydrogen-bond acceptors (Lipinski definition) is 3. The first-order chi connectivity index (χ1) is 19.1. The Morgan fingerprint density at radius 3 is 0.955 bits per heavy atom. The van der Waals surface area contributed by atoms with Gasteiger partial charge in [0.05, 0.1) is 0 Å². The minimum atomic E-state index is -2.98. The molecule has 8 heteroatoms. The first kappa shape index (κ1) is 40.4. The van der Waals surface area contributed by atoms with Crippen molar-refractivity contribution in [3.8, 4) is 0 Å². The van der Waals surface area contributed by atoms with E-state index in [4.69, 9.17) is 0 Å². The van der Waals surface area contributed by atoms with E-state index in [1.165, 1.54) is 71.6 Å². The molecule has 0 aromatic heterocycles. The van der Waals surface area contributed by atoms with Crippen LogP contribution in [0.25, 0.3) is 0 Å². The largest absolute Gasteiger partial charge is 1.00 e. The van der Waals surface area contributed by atoms with Crippen LogP contribution in [0.3, 0.4) is 0 Å². The van der Waals surface area contributed by atoms with Gasteiger partial charge in [-0.2, -0.15) is 0 Å². The van der Waals surface area contributed by atoms with Crippen molar-refractivity contribution in [1.29, 1.82) is 0 Å². The third kappa shape index (κ3) is 6.20. The summed E-state index contributed by atoms with van der Waals surface area (Å²) in [5.74, 6) is 0. The van der Waals surface area contributed by atoms with Crippen molar-refractivity contribution in [3.63, 3.8) is 0 Å². The van der Waals surface area contributed by atoms with Gasteiger partial charge in [-0.1, -0.05) is 0 Å². The summed E-state index contributed by atoms with van der Waals surface area (Å²) < 4.78 is -0.198. The van der Waals surface area contributed by atoms with E-state index in [2.05, 4.69) is 180 Å². The number of halogens is 3. The molecule has 0 unspecified atom stereocenters. The Bertz CT molecular complexity index is 1410. The van der Waals surface area contributed by atoms with Gasteiger partial charge in [-0.05, 0) is 0 Å². The summed E-state index contributed by atoms with van der Waals surface area (Å²) in [6.07, 6.45) is 0. The zero-order chi connectivity index (χ0) is 30.6. The van der Waals surface area contributed by atoms with Crippen molar-refractivity contribution in [2.45, 2.75) is 51.8 Å². The summed E-state index contributed by atoms with van der Waals surface area (Å²) in [5.41, 5.74) is 13.7. The van der Waals surface area contributed by atoms with E-state index in [1.54, 1.807) is 0 Å². The van der Waals surface area contributed by atoms with E-state index in [9.17, 15) is 0 Å². The molecule has 0 atom stereocenters. The van der Waals surface area contributed by atoms with Crippen molar-refractivity contribution in [2.75, 3.05) is 57.0 Å². The van der Waals surface area contributed by atoms with Crippen LogP contribution in [-0.4, -0.2) is 50.4 Å². The zero-order valence-electron chi connectivity index (χ0n) is 28.7. The van der Waals surface area contributed by atoms with E-state index < -0.39 is 8.07 Å². The van der Waals surface area contributed by atoms with E-state index in [0.29, 0.717) is 0 Å². The third-order valence-electron chi connectivity index (χ3n) is 9.49. The van der Waals surface area contributed by atoms with Gasteiger partial charge in [0.15, 0.2) is 0 Å². The minimum absolute atomic E-state index is 0. The standard InChI is InChI=1S/C36H48N3Si.3ClH.Ti/c1-23-14-17-30(37(8)9)33(20-23)40(36-28(6)26(4)27(5)29(36)7,34-21-24(2)15-18-31(34)38(10)11)35-22-25(3)16-19-32(35)39(12)13;;;;/h14-22H,1-13H3;3*1H;/q;;;;+3/p-3. The Labute approximate surface area is 298 Å². The quantitative estimate of drug-likeness (QED) is 0.195. The molecule has 0 radical (unpaired) electrons. The van der Waals surface area contributed by atoms with Crippen LogP contribution >= 0.6 is 0 Å². The van der Waals surface area contributed by atoms with Gasteiger partial charge >= 0.3 is 264 Å². The van der Waals surface area contributed by atoms with E-state index in [1.807, 2.05) is 0 Å². The molecule has 236 valence electrons. The van der Waals surface area contributed by atoms with Crippen LogP contribution in [-0.2, 0) is 20.4 Å². The number of allylic oxidation sites excluding steroid dienone is 4. The van der Waals surface area contributed by atoms with Gasteiger partial charge in [0.1, 0.15) is 0 Å². The van der Waals surface area contributed by atoms with Gasteiger partial charge in [0, 0.05) is 0 Å². The maximum atomic E-state index is 2.58. The first-order valence-corrected chi connectivity index (χ1v) is 17.3. The van der Waals surface area contributed by atoms with Crippen molar-refractivity contribution in [2.24, 2.45) is 0 Å². The number of benzene rings is 3. The van der Waals surface area contributed by atoms with Crippen molar-refractivity contribution in [1.82, 2.24) is 0 Å². The van der Waals surface area contributed by atoms with Crippen LogP contribution in [0.5, 0.6) is 0 Å². The molecule has 0 amide bonds. The van der Waals surface area contributed by atoms with Crippen LogP contribution in [0.2, 0.25) is 3.34 Å². The van der Waals surface area contributed by atoms with Crippen molar-refractivity contribution < 1.29 is 57.7 Å². The fraction of sp³-hybridized carbons (Fsp3) is 0.389. The molecular weight excluding hydrogens is 657 g/mol. The van der Waals surface area contributed by atoms with Crippen molar-refractivity contribution >= 4 is 40.7 Å². The van der Waals surface area contributed by atoms with Gasteiger partial charge in [-0.3, -0.25) is 0 Å². The molecule has 3 aromatic carbocycles. The first-order valence-electron chi connectivity index (χ1n) is 14.6. The second-order valence-electron chi connectivity index (χ2n) is 12.7. The molecule has 1 aliphatic rings. The topological polar surface area (TPSA) is 9.72 Å². The monoisotopic (exact) mass is 703 g/mol. The van der Waals surface area contributed by atoms with Crippen LogP contribution in [0, 0.1) is 20.8 Å². The molecule has 0 heterocycles. The number of hydrogen-bond donors (Lipinski definition) is 0. The fourth-order valence-corrected chi connectivity index (χ4v) is 16.5. The summed E-state index contributed by atoms with van der Waals surface area (Å²) in [6.45, 7) is 16.3. The van der Waals surface area contributed by atoms with Crippen LogP contribution in [0.15, 0.2) is 76.9 Å². The van der Waals surface area contributed by atoms with E-state index in [-0.39, 0.29) is 40.6 Å². The predicted molar refractivity (Wildman–Crippen MR) is 181 cm³/mol. The Morgan fingerprint density at radius 2 is 0.727 bits per heavy atom. The van der Waals surface area contributed by atoms with E-state index >= 15 is 0 Å². The maximum Gasteiger partial charge on any atom is -1.00 e. The molecule has 0 saturated carbocycles. The summed E-state index contributed by atoms with van der Waals surface area (Å²) in [5, 5.41) is 4.44. The minimum Gasteiger partial charge on any atom is -1.00 e. The summed E-state index contributed by atoms with van der Waals surface area (Å²) in [6, 6.07) is 21.5. The molecule has 3 nitrogen and oxygen atoms in total. The number of rotatable bonds is 7. The Morgan fingerprint density at radius 1 is 0.477 bits per heavy atom. The second-order valence-corrected chi connectivity index (χ2v) is 18.6. The average molecular weight is 705 g/mol. The average Bonchev–Trinajstić information content (AvgIpc) is 3.04. The van der Waals surface area contributed by atoms with Crippen molar-refractivity contribution in [3.05, 3.63) is 93.6 Å². The molecule has 1 aliphatic carbocycles. The van der Waals surface area contributed by atoms with Gasteiger partial charge in [-0.15, -0.1) is 0 Å². The molecule has 0 bridgehead atoms. The molecule has 0 aliphatic heterocycles. The molecule has 0 N–H and O–H groups in total. The summed E-state index contributed by atoms with van der Waals surface area (Å²) >= 11 is 2.58. The smallest absolute Gasteiger partial charge is 1.00 e. The Hall–Kier alpha value is -1.66. The van der Waals surface area contributed by atoms with Gasteiger partial charge < -0.3 is 37.2 Å². The molecule has 44 heavy (non-hydrogen) atoms. The molecular formula is C36H48Cl3N3SiTi. The molecule has 3 aromatic rings. The normalized spacial score (nSPS) is 14.1. The van der Waals surface area contributed by atoms with Crippen LogP contribution in [0.1, 0.15) is 44.4 Å².